The molecule has 0 N–H and O–H groups in total. The standard InChI is InChI=1S/C17H27NS/c1-16-8-10-17(11-9-16)19-15-7-3-6-14-18-12-4-2-5-13-18/h8-11H,2-7,12-15H2,1H3. The summed E-state index contributed by atoms with van der Waals surface area (Å²) in [6, 6.07) is 8.90. The summed E-state index contributed by atoms with van der Waals surface area (Å²) in [5.41, 5.74) is 1.35. The first-order valence-corrected chi connectivity index (χ1v) is 8.75. The molecule has 0 radical (unpaired) electrons. The quantitative estimate of drug-likeness (QED) is 0.523. The van der Waals surface area contributed by atoms with E-state index in [0.29, 0.717) is 0 Å². The van der Waals surface area contributed by atoms with Crippen LogP contribution in [0.15, 0.2) is 29.2 Å². The van der Waals surface area contributed by atoms with E-state index in [1.807, 2.05) is 11.8 Å². The van der Waals surface area contributed by atoms with Crippen molar-refractivity contribution in [3.8, 4) is 0 Å². The monoisotopic (exact) mass is 277 g/mol. The summed E-state index contributed by atoms with van der Waals surface area (Å²) in [6.45, 7) is 6.17. The number of thioether (sulfide) groups is 1. The summed E-state index contributed by atoms with van der Waals surface area (Å²) in [6.07, 6.45) is 8.41. The van der Waals surface area contributed by atoms with Crippen molar-refractivity contribution in [2.45, 2.75) is 50.3 Å². The van der Waals surface area contributed by atoms with Gasteiger partial charge in [-0.1, -0.05) is 30.5 Å². The molecule has 2 rings (SSSR count). The predicted octanol–water partition coefficient (Wildman–Crippen LogP) is 4.74. The molecule has 0 atom stereocenters. The van der Waals surface area contributed by atoms with E-state index in [-0.39, 0.29) is 0 Å². The SMILES string of the molecule is Cc1ccc(SCCCCCN2CCCCC2)cc1. The minimum absolute atomic E-state index is 1.27. The van der Waals surface area contributed by atoms with Crippen LogP contribution in [0.25, 0.3) is 0 Å². The molecule has 0 amide bonds. The first-order chi connectivity index (χ1) is 9.34. The van der Waals surface area contributed by atoms with Gasteiger partial charge in [-0.2, -0.15) is 0 Å². The third-order valence-corrected chi connectivity index (χ3v) is 4.96. The van der Waals surface area contributed by atoms with Gasteiger partial charge in [-0.15, -0.1) is 11.8 Å². The fraction of sp³-hybridized carbons (Fsp3) is 0.647. The van der Waals surface area contributed by atoms with Crippen molar-refractivity contribution in [2.75, 3.05) is 25.4 Å². The van der Waals surface area contributed by atoms with E-state index in [0.717, 1.165) is 0 Å². The maximum atomic E-state index is 2.65. The van der Waals surface area contributed by atoms with Gasteiger partial charge in [0, 0.05) is 4.90 Å². The van der Waals surface area contributed by atoms with Crippen LogP contribution in [0.3, 0.4) is 0 Å². The third-order valence-electron chi connectivity index (χ3n) is 3.86. The average molecular weight is 277 g/mol. The van der Waals surface area contributed by atoms with Crippen LogP contribution in [0.5, 0.6) is 0 Å². The first kappa shape index (κ1) is 14.9. The maximum absolute atomic E-state index is 2.65. The van der Waals surface area contributed by atoms with Crippen molar-refractivity contribution in [3.05, 3.63) is 29.8 Å². The Morgan fingerprint density at radius 1 is 0.947 bits per heavy atom. The Kier molecular flexibility index (Phi) is 6.80. The van der Waals surface area contributed by atoms with Crippen LogP contribution in [-0.4, -0.2) is 30.3 Å². The topological polar surface area (TPSA) is 3.24 Å². The zero-order valence-corrected chi connectivity index (χ0v) is 13.1. The Morgan fingerprint density at radius 3 is 2.42 bits per heavy atom. The minimum atomic E-state index is 1.27. The normalized spacial score (nSPS) is 16.7. The molecule has 1 aromatic carbocycles. The van der Waals surface area contributed by atoms with E-state index in [1.54, 1.807) is 0 Å². The van der Waals surface area contributed by atoms with Gasteiger partial charge in [-0.3, -0.25) is 0 Å². The average Bonchev–Trinajstić information content (AvgIpc) is 2.46. The predicted molar refractivity (Wildman–Crippen MR) is 86.0 cm³/mol. The number of hydrogen-bond donors (Lipinski definition) is 0. The Balaban J connectivity index is 1.49. The lowest BCUT2D eigenvalue weighted by Gasteiger charge is -2.26. The van der Waals surface area contributed by atoms with Gasteiger partial charge in [-0.25, -0.2) is 0 Å². The second-order valence-corrected chi connectivity index (χ2v) is 6.79. The van der Waals surface area contributed by atoms with Crippen molar-refractivity contribution in [2.24, 2.45) is 0 Å². The van der Waals surface area contributed by atoms with Crippen molar-refractivity contribution < 1.29 is 0 Å². The fourth-order valence-corrected chi connectivity index (χ4v) is 3.53. The van der Waals surface area contributed by atoms with Crippen LogP contribution in [-0.2, 0) is 0 Å². The van der Waals surface area contributed by atoms with Gasteiger partial charge >= 0.3 is 0 Å². The molecule has 19 heavy (non-hydrogen) atoms. The molecule has 0 spiro atoms. The minimum Gasteiger partial charge on any atom is -0.303 e. The number of hydrogen-bond acceptors (Lipinski definition) is 2. The number of aryl methyl sites for hydroxylation is 1. The van der Waals surface area contributed by atoms with E-state index in [1.165, 1.54) is 74.4 Å². The largest absolute Gasteiger partial charge is 0.303 e. The van der Waals surface area contributed by atoms with E-state index < -0.39 is 0 Å². The molecule has 1 saturated heterocycles. The van der Waals surface area contributed by atoms with Crippen LogP contribution >= 0.6 is 11.8 Å². The fourth-order valence-electron chi connectivity index (χ4n) is 2.62. The molecule has 1 aliphatic heterocycles. The van der Waals surface area contributed by atoms with Crippen LogP contribution in [0, 0.1) is 6.92 Å². The van der Waals surface area contributed by atoms with Crippen molar-refractivity contribution in [1.29, 1.82) is 0 Å². The molecule has 2 heteroatoms. The lowest BCUT2D eigenvalue weighted by atomic mass is 10.1. The van der Waals surface area contributed by atoms with Crippen molar-refractivity contribution in [3.63, 3.8) is 0 Å². The summed E-state index contributed by atoms with van der Waals surface area (Å²) in [7, 11) is 0. The molecule has 0 bridgehead atoms. The highest BCUT2D eigenvalue weighted by Crippen LogP contribution is 2.20. The second-order valence-electron chi connectivity index (χ2n) is 5.62. The van der Waals surface area contributed by atoms with Crippen LogP contribution < -0.4 is 0 Å². The third kappa shape index (κ3) is 6.01. The Bertz CT molecular complexity index is 341. The Labute approximate surface area is 122 Å². The molecule has 1 fully saturated rings. The maximum Gasteiger partial charge on any atom is 0.00721 e. The number of unbranched alkanes of at least 4 members (excludes halogenated alkanes) is 2. The highest BCUT2D eigenvalue weighted by molar-refractivity contribution is 7.99. The smallest absolute Gasteiger partial charge is 0.00721 e. The molecule has 1 heterocycles. The lowest BCUT2D eigenvalue weighted by Crippen LogP contribution is -2.30. The summed E-state index contributed by atoms with van der Waals surface area (Å²) >= 11 is 2.00. The van der Waals surface area contributed by atoms with E-state index >= 15 is 0 Å². The lowest BCUT2D eigenvalue weighted by molar-refractivity contribution is 0.224. The molecule has 1 nitrogen and oxygen atoms in total. The number of benzene rings is 1. The molecule has 1 aromatic rings. The molecule has 1 aliphatic rings. The number of piperidine rings is 1. The molecule has 0 unspecified atom stereocenters. The zero-order chi connectivity index (χ0) is 13.3. The molecule has 106 valence electrons. The highest BCUT2D eigenvalue weighted by atomic mass is 32.2. The molecule has 0 aromatic heterocycles. The van der Waals surface area contributed by atoms with Crippen molar-refractivity contribution >= 4 is 11.8 Å². The van der Waals surface area contributed by atoms with Gasteiger partial charge in [0.25, 0.3) is 0 Å². The number of rotatable bonds is 7. The molecular weight excluding hydrogens is 250 g/mol. The van der Waals surface area contributed by atoms with Crippen LogP contribution in [0.2, 0.25) is 0 Å². The molecule has 0 aliphatic carbocycles. The summed E-state index contributed by atoms with van der Waals surface area (Å²) in [4.78, 5) is 4.07. The first-order valence-electron chi connectivity index (χ1n) is 7.76. The molecular formula is C17H27NS. The number of nitrogens with zero attached hydrogens (tertiary/aromatic N) is 1. The van der Waals surface area contributed by atoms with Gasteiger partial charge in [-0.05, 0) is 70.1 Å². The van der Waals surface area contributed by atoms with Crippen molar-refractivity contribution in [1.82, 2.24) is 4.90 Å². The molecule has 0 saturated carbocycles. The highest BCUT2D eigenvalue weighted by Gasteiger charge is 2.08. The van der Waals surface area contributed by atoms with Gasteiger partial charge in [0.2, 0.25) is 0 Å². The van der Waals surface area contributed by atoms with E-state index in [9.17, 15) is 0 Å². The van der Waals surface area contributed by atoms with Gasteiger partial charge in [0.15, 0.2) is 0 Å². The number of likely N-dealkylation sites (tertiary alicyclic amines) is 1. The van der Waals surface area contributed by atoms with Crippen LogP contribution in [0.1, 0.15) is 44.1 Å². The summed E-state index contributed by atoms with van der Waals surface area (Å²) in [5.74, 6) is 1.27. The zero-order valence-electron chi connectivity index (χ0n) is 12.2. The van der Waals surface area contributed by atoms with Crippen LogP contribution in [0.4, 0.5) is 0 Å². The summed E-state index contributed by atoms with van der Waals surface area (Å²) in [5, 5.41) is 0. The van der Waals surface area contributed by atoms with Gasteiger partial charge in [0.05, 0.1) is 0 Å². The van der Waals surface area contributed by atoms with Gasteiger partial charge in [0.1, 0.15) is 0 Å². The van der Waals surface area contributed by atoms with E-state index in [2.05, 4.69) is 36.1 Å². The second kappa shape index (κ2) is 8.65. The summed E-state index contributed by atoms with van der Waals surface area (Å²) < 4.78 is 0. The Hall–Kier alpha value is -0.470. The Morgan fingerprint density at radius 2 is 1.68 bits per heavy atom. The van der Waals surface area contributed by atoms with Gasteiger partial charge < -0.3 is 4.90 Å². The van der Waals surface area contributed by atoms with E-state index in [4.69, 9.17) is 0 Å².